The highest BCUT2D eigenvalue weighted by molar-refractivity contribution is 5.78. The predicted molar refractivity (Wildman–Crippen MR) is 47.5 cm³/mol. The zero-order chi connectivity index (χ0) is 15.6. The minimum Gasteiger partial charge on any atom is -0.416 e. The molecule has 0 aromatic heterocycles. The van der Waals surface area contributed by atoms with Crippen LogP contribution in [0.5, 0.6) is 0 Å². The first-order valence-electron chi connectivity index (χ1n) is 4.80. The molecular weight excluding hydrogens is 286 g/mol. The van der Waals surface area contributed by atoms with Crippen molar-refractivity contribution < 1.29 is 45.4 Å². The summed E-state index contributed by atoms with van der Waals surface area (Å²) in [5, 5.41) is 0. The average Bonchev–Trinajstić information content (AvgIpc) is 2.13. The Morgan fingerprint density at radius 2 is 1.11 bits per heavy atom. The fourth-order valence-electron chi connectivity index (χ4n) is 0.740. The van der Waals surface area contributed by atoms with Crippen LogP contribution < -0.4 is 0 Å². The van der Waals surface area contributed by atoms with Gasteiger partial charge in [-0.2, -0.15) is 26.3 Å². The number of hydrogen-bond acceptors (Lipinski definition) is 4. The van der Waals surface area contributed by atoms with Crippen LogP contribution in [0.25, 0.3) is 0 Å². The third-order valence-corrected chi connectivity index (χ3v) is 2.10. The van der Waals surface area contributed by atoms with Gasteiger partial charge in [-0.05, 0) is 0 Å². The molecule has 0 unspecified atom stereocenters. The maximum Gasteiger partial charge on any atom is 0.491 e. The SMILES string of the molecule is CC(C)C(C)(OC(=O)C(F)(F)F)OC(=O)C(F)(F)F. The zero-order valence-corrected chi connectivity index (χ0v) is 9.98. The first kappa shape index (κ1) is 17.5. The molecule has 0 aromatic carbocycles. The molecule has 0 N–H and O–H groups in total. The van der Waals surface area contributed by atoms with Crippen LogP contribution in [0, 0.1) is 5.92 Å². The normalized spacial score (nSPS) is 13.4. The van der Waals surface area contributed by atoms with Crippen molar-refractivity contribution in [1.82, 2.24) is 0 Å². The van der Waals surface area contributed by atoms with Crippen molar-refractivity contribution in [2.45, 2.75) is 38.9 Å². The lowest BCUT2D eigenvalue weighted by Gasteiger charge is -2.32. The lowest BCUT2D eigenvalue weighted by atomic mass is 10.1. The summed E-state index contributed by atoms with van der Waals surface area (Å²) in [4.78, 5) is 21.2. The third kappa shape index (κ3) is 4.95. The molecule has 0 saturated heterocycles. The van der Waals surface area contributed by atoms with Gasteiger partial charge in [0.2, 0.25) is 0 Å². The molecule has 0 aliphatic heterocycles. The molecule has 19 heavy (non-hydrogen) atoms. The second-order valence-electron chi connectivity index (χ2n) is 3.95. The molecule has 0 aromatic rings. The smallest absolute Gasteiger partial charge is 0.416 e. The molecule has 0 aliphatic carbocycles. The first-order valence-corrected chi connectivity index (χ1v) is 4.80. The van der Waals surface area contributed by atoms with Gasteiger partial charge in [-0.25, -0.2) is 9.59 Å². The summed E-state index contributed by atoms with van der Waals surface area (Å²) in [6.45, 7) is 2.87. The van der Waals surface area contributed by atoms with E-state index in [4.69, 9.17) is 0 Å². The van der Waals surface area contributed by atoms with Gasteiger partial charge in [0.1, 0.15) is 0 Å². The van der Waals surface area contributed by atoms with E-state index >= 15 is 0 Å². The fourth-order valence-corrected chi connectivity index (χ4v) is 0.740. The van der Waals surface area contributed by atoms with Gasteiger partial charge >= 0.3 is 24.3 Å². The second kappa shape index (κ2) is 5.25. The lowest BCUT2D eigenvalue weighted by Crippen LogP contribution is -2.47. The lowest BCUT2D eigenvalue weighted by molar-refractivity contribution is -0.278. The minimum atomic E-state index is -5.42. The molecule has 0 radical (unpaired) electrons. The quantitative estimate of drug-likeness (QED) is 0.456. The van der Waals surface area contributed by atoms with Gasteiger partial charge < -0.3 is 9.47 Å². The van der Waals surface area contributed by atoms with Gasteiger partial charge in [0.15, 0.2) is 0 Å². The molecule has 0 heterocycles. The Bertz CT molecular complexity index is 329. The Hall–Kier alpha value is -1.48. The van der Waals surface area contributed by atoms with Crippen molar-refractivity contribution in [3.8, 4) is 0 Å². The number of rotatable bonds is 3. The summed E-state index contributed by atoms with van der Waals surface area (Å²) >= 11 is 0. The van der Waals surface area contributed by atoms with E-state index in [1.807, 2.05) is 0 Å². The Kier molecular flexibility index (Phi) is 4.84. The Morgan fingerprint density at radius 3 is 1.26 bits per heavy atom. The van der Waals surface area contributed by atoms with Crippen molar-refractivity contribution in [1.29, 1.82) is 0 Å². The van der Waals surface area contributed by atoms with Crippen molar-refractivity contribution >= 4 is 11.9 Å². The number of esters is 2. The molecule has 4 nitrogen and oxygen atoms in total. The molecular formula is C9H10F6O4. The summed E-state index contributed by atoms with van der Waals surface area (Å²) in [6, 6.07) is 0. The van der Waals surface area contributed by atoms with E-state index in [1.165, 1.54) is 0 Å². The average molecular weight is 296 g/mol. The highest BCUT2D eigenvalue weighted by Gasteiger charge is 2.51. The number of carbonyl (C=O) groups is 2. The maximum absolute atomic E-state index is 12.0. The van der Waals surface area contributed by atoms with E-state index in [1.54, 1.807) is 0 Å². The van der Waals surface area contributed by atoms with E-state index in [0.717, 1.165) is 13.8 Å². The minimum absolute atomic E-state index is 0.630. The van der Waals surface area contributed by atoms with Crippen LogP contribution >= 0.6 is 0 Å². The van der Waals surface area contributed by atoms with Crippen LogP contribution in [0.15, 0.2) is 0 Å². The van der Waals surface area contributed by atoms with Gasteiger partial charge in [-0.15, -0.1) is 0 Å². The molecule has 0 aliphatic rings. The Balaban J connectivity index is 5.09. The summed E-state index contributed by atoms with van der Waals surface area (Å²) in [7, 11) is 0. The van der Waals surface area contributed by atoms with E-state index in [0.29, 0.717) is 6.92 Å². The molecule has 10 heteroatoms. The van der Waals surface area contributed by atoms with Gasteiger partial charge in [0, 0.05) is 12.8 Å². The predicted octanol–water partition coefficient (Wildman–Crippen LogP) is 2.57. The zero-order valence-electron chi connectivity index (χ0n) is 9.98. The van der Waals surface area contributed by atoms with Crippen molar-refractivity contribution in [2.75, 3.05) is 0 Å². The van der Waals surface area contributed by atoms with E-state index in [9.17, 15) is 35.9 Å². The summed E-state index contributed by atoms with van der Waals surface area (Å²) < 4.78 is 79.5. The Morgan fingerprint density at radius 1 is 0.842 bits per heavy atom. The molecule has 0 saturated carbocycles. The van der Waals surface area contributed by atoms with Crippen LogP contribution in [0.2, 0.25) is 0 Å². The first-order chi connectivity index (χ1) is 8.20. The van der Waals surface area contributed by atoms with Crippen molar-refractivity contribution in [3.05, 3.63) is 0 Å². The summed E-state index contributed by atoms with van der Waals surface area (Å²) in [5.74, 6) is -9.32. The highest BCUT2D eigenvalue weighted by atomic mass is 19.4. The molecule has 0 amide bonds. The van der Waals surface area contributed by atoms with Crippen molar-refractivity contribution in [2.24, 2.45) is 5.92 Å². The van der Waals surface area contributed by atoms with Crippen LogP contribution in [-0.2, 0) is 19.1 Å². The molecule has 0 bridgehead atoms. The largest absolute Gasteiger partial charge is 0.491 e. The maximum atomic E-state index is 12.0. The molecule has 0 rings (SSSR count). The van der Waals surface area contributed by atoms with E-state index < -0.39 is 36.0 Å². The number of halogens is 6. The van der Waals surface area contributed by atoms with Gasteiger partial charge in [0.25, 0.3) is 5.79 Å². The Labute approximate surface area is 103 Å². The van der Waals surface area contributed by atoms with Gasteiger partial charge in [0.05, 0.1) is 0 Å². The standard InChI is InChI=1S/C9H10F6O4/c1-4(2)7(3,18-5(16)8(10,11)12)19-6(17)9(13,14)15/h4H,1-3H3. The summed E-state index contributed by atoms with van der Waals surface area (Å²) in [6.07, 6.45) is -10.8. The van der Waals surface area contributed by atoms with Crippen LogP contribution in [0.3, 0.4) is 0 Å². The van der Waals surface area contributed by atoms with Gasteiger partial charge in [-0.1, -0.05) is 13.8 Å². The highest BCUT2D eigenvalue weighted by Crippen LogP contribution is 2.30. The monoisotopic (exact) mass is 296 g/mol. The van der Waals surface area contributed by atoms with Crippen LogP contribution in [-0.4, -0.2) is 30.1 Å². The van der Waals surface area contributed by atoms with Crippen LogP contribution in [0.1, 0.15) is 20.8 Å². The molecule has 0 spiro atoms. The summed E-state index contributed by atoms with van der Waals surface area (Å²) in [5.41, 5.74) is 0. The van der Waals surface area contributed by atoms with E-state index in [-0.39, 0.29) is 0 Å². The third-order valence-electron chi connectivity index (χ3n) is 2.10. The van der Waals surface area contributed by atoms with E-state index in [2.05, 4.69) is 9.47 Å². The number of carbonyl (C=O) groups excluding carboxylic acids is 2. The molecule has 112 valence electrons. The second-order valence-corrected chi connectivity index (χ2v) is 3.95. The topological polar surface area (TPSA) is 52.6 Å². The van der Waals surface area contributed by atoms with Crippen LogP contribution in [0.4, 0.5) is 26.3 Å². The van der Waals surface area contributed by atoms with Crippen molar-refractivity contribution in [3.63, 3.8) is 0 Å². The van der Waals surface area contributed by atoms with Gasteiger partial charge in [-0.3, -0.25) is 0 Å². The number of alkyl halides is 6. The number of ether oxygens (including phenoxy) is 2. The molecule has 0 atom stereocenters. The molecule has 0 fully saturated rings. The number of hydrogen-bond donors (Lipinski definition) is 0. The fraction of sp³-hybridized carbons (Fsp3) is 0.778.